The summed E-state index contributed by atoms with van der Waals surface area (Å²) in [4.78, 5) is 16.0. The second-order valence-electron chi connectivity index (χ2n) is 5.85. The number of amides is 2. The van der Waals surface area contributed by atoms with Crippen molar-refractivity contribution >= 4 is 23.1 Å². The molecule has 1 N–H and O–H groups in total. The van der Waals surface area contributed by atoms with E-state index in [4.69, 9.17) is 4.74 Å². The molecule has 1 aliphatic heterocycles. The van der Waals surface area contributed by atoms with Gasteiger partial charge in [-0.05, 0) is 43.3 Å². The normalized spacial score (nSPS) is 15.3. The number of anilines is 1. The zero-order valence-electron chi connectivity index (χ0n) is 13.3. The third-order valence-corrected chi connectivity index (χ3v) is 4.96. The van der Waals surface area contributed by atoms with Crippen molar-refractivity contribution in [3.63, 3.8) is 0 Å². The molecule has 1 saturated heterocycles. The maximum atomic E-state index is 12.8. The molecule has 0 aliphatic carbocycles. The fourth-order valence-electron chi connectivity index (χ4n) is 2.77. The highest BCUT2D eigenvalue weighted by Crippen LogP contribution is 2.21. The smallest absolute Gasteiger partial charge is 0.322 e. The summed E-state index contributed by atoms with van der Waals surface area (Å²) < 4.78 is 5.44. The van der Waals surface area contributed by atoms with Crippen LogP contribution in [0.4, 0.5) is 10.5 Å². The van der Waals surface area contributed by atoms with Crippen LogP contribution in [0, 0.1) is 6.92 Å². The van der Waals surface area contributed by atoms with Gasteiger partial charge < -0.3 is 15.0 Å². The van der Waals surface area contributed by atoms with Crippen LogP contribution >= 0.6 is 11.3 Å². The Bertz CT molecular complexity index is 619. The molecule has 1 aliphatic rings. The van der Waals surface area contributed by atoms with Gasteiger partial charge in [-0.25, -0.2) is 4.79 Å². The summed E-state index contributed by atoms with van der Waals surface area (Å²) in [6.45, 7) is 4.14. The van der Waals surface area contributed by atoms with Gasteiger partial charge in [0.2, 0.25) is 0 Å². The van der Waals surface area contributed by atoms with Crippen molar-refractivity contribution in [3.05, 3.63) is 52.2 Å². The van der Waals surface area contributed by atoms with E-state index in [2.05, 4.69) is 16.8 Å². The number of nitrogens with zero attached hydrogens (tertiary/aromatic N) is 1. The Morgan fingerprint density at radius 2 is 2.00 bits per heavy atom. The minimum absolute atomic E-state index is 0.0332. The molecule has 4 nitrogen and oxygen atoms in total. The maximum absolute atomic E-state index is 12.8. The molecule has 0 unspecified atom stereocenters. The molecule has 0 atom stereocenters. The second kappa shape index (κ2) is 7.62. The monoisotopic (exact) mass is 330 g/mol. The van der Waals surface area contributed by atoms with Crippen molar-refractivity contribution in [1.82, 2.24) is 4.90 Å². The fourth-order valence-corrected chi connectivity index (χ4v) is 3.47. The first-order valence-corrected chi connectivity index (χ1v) is 8.85. The predicted molar refractivity (Wildman–Crippen MR) is 93.9 cm³/mol. The minimum atomic E-state index is -0.0332. The number of hydrogen-bond donors (Lipinski definition) is 1. The molecule has 1 fully saturated rings. The number of urea groups is 1. The Balaban J connectivity index is 1.72. The highest BCUT2D eigenvalue weighted by molar-refractivity contribution is 7.09. The number of ether oxygens (including phenoxy) is 1. The molecule has 3 rings (SSSR count). The predicted octanol–water partition coefficient (Wildman–Crippen LogP) is 4.27. The van der Waals surface area contributed by atoms with E-state index in [1.54, 1.807) is 11.3 Å². The highest BCUT2D eigenvalue weighted by atomic mass is 32.1. The average Bonchev–Trinajstić information content (AvgIpc) is 3.09. The molecule has 0 spiro atoms. The molecule has 23 heavy (non-hydrogen) atoms. The summed E-state index contributed by atoms with van der Waals surface area (Å²) in [6.07, 6.45) is 1.79. The van der Waals surface area contributed by atoms with Gasteiger partial charge >= 0.3 is 6.03 Å². The molecular weight excluding hydrogens is 308 g/mol. The summed E-state index contributed by atoms with van der Waals surface area (Å²) in [6, 6.07) is 12.2. The zero-order chi connectivity index (χ0) is 16.1. The Kier molecular flexibility index (Phi) is 5.31. The Morgan fingerprint density at radius 3 is 2.65 bits per heavy atom. The summed E-state index contributed by atoms with van der Waals surface area (Å²) in [5.74, 6) is 0. The topological polar surface area (TPSA) is 41.6 Å². The van der Waals surface area contributed by atoms with Crippen LogP contribution in [0.2, 0.25) is 0 Å². The van der Waals surface area contributed by atoms with Crippen LogP contribution in [0.5, 0.6) is 0 Å². The van der Waals surface area contributed by atoms with Gasteiger partial charge in [0.1, 0.15) is 0 Å². The number of thiophene rings is 1. The molecule has 0 saturated carbocycles. The first kappa shape index (κ1) is 16.0. The number of benzene rings is 1. The molecule has 122 valence electrons. The van der Waals surface area contributed by atoms with E-state index < -0.39 is 0 Å². The van der Waals surface area contributed by atoms with Crippen LogP contribution in [0.1, 0.15) is 23.3 Å². The zero-order valence-corrected chi connectivity index (χ0v) is 14.1. The Labute approximate surface area is 141 Å². The molecular formula is C18H22N2O2S. The largest absolute Gasteiger partial charge is 0.381 e. The molecule has 0 bridgehead atoms. The quantitative estimate of drug-likeness (QED) is 0.909. The lowest BCUT2D eigenvalue weighted by Gasteiger charge is -2.34. The Hall–Kier alpha value is -1.85. The van der Waals surface area contributed by atoms with Gasteiger partial charge in [-0.15, -0.1) is 11.3 Å². The van der Waals surface area contributed by atoms with Crippen LogP contribution in [0.25, 0.3) is 0 Å². The molecule has 2 heterocycles. The van der Waals surface area contributed by atoms with Gasteiger partial charge in [0.15, 0.2) is 0 Å². The average molecular weight is 330 g/mol. The number of aryl methyl sites for hydroxylation is 1. The second-order valence-corrected chi connectivity index (χ2v) is 6.88. The van der Waals surface area contributed by atoms with Crippen LogP contribution in [0.3, 0.4) is 0 Å². The van der Waals surface area contributed by atoms with Crippen molar-refractivity contribution in [3.8, 4) is 0 Å². The number of hydrogen-bond acceptors (Lipinski definition) is 3. The molecule has 2 amide bonds. The van der Waals surface area contributed by atoms with Gasteiger partial charge in [0.25, 0.3) is 0 Å². The highest BCUT2D eigenvalue weighted by Gasteiger charge is 2.26. The summed E-state index contributed by atoms with van der Waals surface area (Å²) >= 11 is 1.69. The lowest BCUT2D eigenvalue weighted by atomic mass is 10.1. The van der Waals surface area contributed by atoms with Gasteiger partial charge in [-0.2, -0.15) is 0 Å². The van der Waals surface area contributed by atoms with Crippen LogP contribution in [-0.4, -0.2) is 30.2 Å². The molecule has 1 aromatic heterocycles. The Morgan fingerprint density at radius 1 is 1.26 bits per heavy atom. The fraction of sp³-hybridized carbons (Fsp3) is 0.389. The summed E-state index contributed by atoms with van der Waals surface area (Å²) in [5, 5.41) is 5.08. The van der Waals surface area contributed by atoms with E-state index in [0.29, 0.717) is 6.54 Å². The van der Waals surface area contributed by atoms with E-state index >= 15 is 0 Å². The van der Waals surface area contributed by atoms with Crippen molar-refractivity contribution in [1.29, 1.82) is 0 Å². The molecule has 0 radical (unpaired) electrons. The van der Waals surface area contributed by atoms with E-state index in [1.807, 2.05) is 42.2 Å². The third kappa shape index (κ3) is 4.33. The third-order valence-electron chi connectivity index (χ3n) is 4.10. The maximum Gasteiger partial charge on any atom is 0.322 e. The molecule has 1 aromatic carbocycles. The van der Waals surface area contributed by atoms with Crippen molar-refractivity contribution < 1.29 is 9.53 Å². The minimum Gasteiger partial charge on any atom is -0.381 e. The van der Waals surface area contributed by atoms with E-state index in [1.165, 1.54) is 10.4 Å². The number of rotatable bonds is 4. The lowest BCUT2D eigenvalue weighted by Crippen LogP contribution is -2.44. The number of nitrogens with one attached hydrogen (secondary N) is 1. The van der Waals surface area contributed by atoms with Crippen LogP contribution < -0.4 is 5.32 Å². The molecule has 2 aromatic rings. The summed E-state index contributed by atoms with van der Waals surface area (Å²) in [5.41, 5.74) is 2.02. The molecule has 5 heteroatoms. The standard InChI is InChI=1S/C18H22N2O2S/c1-14-4-6-15(7-5-14)19-18(21)20(13-17-3-2-12-23-17)16-8-10-22-11-9-16/h2-7,12,16H,8-11,13H2,1H3,(H,19,21). The van der Waals surface area contributed by atoms with Gasteiger partial charge in [-0.1, -0.05) is 23.8 Å². The first-order chi connectivity index (χ1) is 11.2. The van der Waals surface area contributed by atoms with Crippen LogP contribution in [0.15, 0.2) is 41.8 Å². The van der Waals surface area contributed by atoms with Gasteiger partial charge in [0, 0.05) is 29.8 Å². The number of carbonyl (C=O) groups is 1. The van der Waals surface area contributed by atoms with Crippen molar-refractivity contribution in [2.75, 3.05) is 18.5 Å². The first-order valence-electron chi connectivity index (χ1n) is 7.97. The van der Waals surface area contributed by atoms with E-state index in [0.717, 1.165) is 31.7 Å². The van der Waals surface area contributed by atoms with Gasteiger partial charge in [-0.3, -0.25) is 0 Å². The van der Waals surface area contributed by atoms with Crippen molar-refractivity contribution in [2.24, 2.45) is 0 Å². The van der Waals surface area contributed by atoms with Gasteiger partial charge in [0.05, 0.1) is 6.54 Å². The number of carbonyl (C=O) groups excluding carboxylic acids is 1. The lowest BCUT2D eigenvalue weighted by molar-refractivity contribution is 0.0462. The van der Waals surface area contributed by atoms with Crippen molar-refractivity contribution in [2.45, 2.75) is 32.4 Å². The van der Waals surface area contributed by atoms with Crippen LogP contribution in [-0.2, 0) is 11.3 Å². The summed E-state index contributed by atoms with van der Waals surface area (Å²) in [7, 11) is 0. The SMILES string of the molecule is Cc1ccc(NC(=O)N(Cc2cccs2)C2CCOCC2)cc1. The van der Waals surface area contributed by atoms with E-state index in [-0.39, 0.29) is 12.1 Å². The van der Waals surface area contributed by atoms with E-state index in [9.17, 15) is 4.79 Å².